The van der Waals surface area contributed by atoms with Crippen LogP contribution >= 0.6 is 0 Å². The van der Waals surface area contributed by atoms with Crippen LogP contribution in [0.2, 0.25) is 0 Å². The average Bonchev–Trinajstić information content (AvgIpc) is 2.40. The van der Waals surface area contributed by atoms with Gasteiger partial charge in [0.1, 0.15) is 0 Å². The summed E-state index contributed by atoms with van der Waals surface area (Å²) >= 11 is 0. The van der Waals surface area contributed by atoms with E-state index < -0.39 is 6.43 Å². The van der Waals surface area contributed by atoms with E-state index in [2.05, 4.69) is 10.3 Å². The number of benzene rings is 1. The number of halogens is 2. The molecule has 0 atom stereocenters. The molecule has 1 heterocycles. The Morgan fingerprint density at radius 2 is 1.44 bits per heavy atom. The SMILES string of the molecule is FC(F)c1ccc(CNCc2ccncc2)cc1. The van der Waals surface area contributed by atoms with Gasteiger partial charge in [0, 0.05) is 31.0 Å². The number of hydrogen-bond donors (Lipinski definition) is 1. The Labute approximate surface area is 105 Å². The van der Waals surface area contributed by atoms with E-state index in [-0.39, 0.29) is 5.56 Å². The molecule has 1 aromatic carbocycles. The second kappa shape index (κ2) is 6.21. The van der Waals surface area contributed by atoms with Gasteiger partial charge < -0.3 is 5.32 Å². The zero-order valence-corrected chi connectivity index (χ0v) is 9.81. The van der Waals surface area contributed by atoms with Crippen molar-refractivity contribution in [2.45, 2.75) is 19.5 Å². The van der Waals surface area contributed by atoms with Crippen LogP contribution in [0.15, 0.2) is 48.8 Å². The van der Waals surface area contributed by atoms with E-state index in [9.17, 15) is 8.78 Å². The van der Waals surface area contributed by atoms with E-state index in [0.29, 0.717) is 6.54 Å². The molecule has 0 aliphatic rings. The summed E-state index contributed by atoms with van der Waals surface area (Å²) in [6, 6.07) is 10.3. The Balaban J connectivity index is 1.83. The monoisotopic (exact) mass is 248 g/mol. The highest BCUT2D eigenvalue weighted by Crippen LogP contribution is 2.18. The van der Waals surface area contributed by atoms with Crippen LogP contribution < -0.4 is 5.32 Å². The molecular weight excluding hydrogens is 234 g/mol. The van der Waals surface area contributed by atoms with Crippen molar-refractivity contribution in [2.75, 3.05) is 0 Å². The lowest BCUT2D eigenvalue weighted by molar-refractivity contribution is 0.151. The number of rotatable bonds is 5. The Hall–Kier alpha value is -1.81. The van der Waals surface area contributed by atoms with Gasteiger partial charge in [0.05, 0.1) is 0 Å². The number of aromatic nitrogens is 1. The van der Waals surface area contributed by atoms with Crippen molar-refractivity contribution in [1.29, 1.82) is 0 Å². The topological polar surface area (TPSA) is 24.9 Å². The van der Waals surface area contributed by atoms with Crippen molar-refractivity contribution in [1.82, 2.24) is 10.3 Å². The molecule has 18 heavy (non-hydrogen) atoms. The summed E-state index contributed by atoms with van der Waals surface area (Å²) in [5.41, 5.74) is 2.20. The Morgan fingerprint density at radius 1 is 0.889 bits per heavy atom. The van der Waals surface area contributed by atoms with Crippen LogP contribution in [0.1, 0.15) is 23.1 Å². The molecule has 0 amide bonds. The third-order valence-corrected chi connectivity index (χ3v) is 2.64. The van der Waals surface area contributed by atoms with Gasteiger partial charge in [-0.25, -0.2) is 8.78 Å². The van der Waals surface area contributed by atoms with Crippen molar-refractivity contribution >= 4 is 0 Å². The first-order valence-electron chi connectivity index (χ1n) is 5.72. The van der Waals surface area contributed by atoms with Gasteiger partial charge in [-0.1, -0.05) is 24.3 Å². The molecule has 2 rings (SSSR count). The smallest absolute Gasteiger partial charge is 0.263 e. The zero-order valence-electron chi connectivity index (χ0n) is 9.81. The first-order valence-corrected chi connectivity index (χ1v) is 5.72. The predicted octanol–water partition coefficient (Wildman–Crippen LogP) is 3.31. The predicted molar refractivity (Wildman–Crippen MR) is 66.2 cm³/mol. The lowest BCUT2D eigenvalue weighted by Crippen LogP contribution is -2.12. The molecule has 0 saturated heterocycles. The number of nitrogens with one attached hydrogen (secondary N) is 1. The van der Waals surface area contributed by atoms with E-state index >= 15 is 0 Å². The van der Waals surface area contributed by atoms with Gasteiger partial charge in [0.25, 0.3) is 6.43 Å². The molecule has 0 saturated carbocycles. The van der Waals surface area contributed by atoms with Crippen LogP contribution in [-0.2, 0) is 13.1 Å². The fraction of sp³-hybridized carbons (Fsp3) is 0.214. The third-order valence-electron chi connectivity index (χ3n) is 2.64. The highest BCUT2D eigenvalue weighted by Gasteiger charge is 2.05. The minimum atomic E-state index is -2.40. The molecule has 2 nitrogen and oxygen atoms in total. The number of nitrogens with zero attached hydrogens (tertiary/aromatic N) is 1. The average molecular weight is 248 g/mol. The third kappa shape index (κ3) is 3.60. The lowest BCUT2D eigenvalue weighted by Gasteiger charge is -2.06. The Kier molecular flexibility index (Phi) is 4.36. The Bertz CT molecular complexity index is 469. The van der Waals surface area contributed by atoms with Crippen LogP contribution in [-0.4, -0.2) is 4.98 Å². The normalized spacial score (nSPS) is 10.8. The summed E-state index contributed by atoms with van der Waals surface area (Å²) in [5.74, 6) is 0. The van der Waals surface area contributed by atoms with Crippen LogP contribution in [0.25, 0.3) is 0 Å². The summed E-state index contributed by atoms with van der Waals surface area (Å²) in [6.07, 6.45) is 1.09. The van der Waals surface area contributed by atoms with Crippen LogP contribution in [0.5, 0.6) is 0 Å². The molecule has 0 aliphatic heterocycles. The Morgan fingerprint density at radius 3 is 2.00 bits per heavy atom. The van der Waals surface area contributed by atoms with Crippen LogP contribution in [0.3, 0.4) is 0 Å². The van der Waals surface area contributed by atoms with Gasteiger partial charge in [0.2, 0.25) is 0 Å². The van der Waals surface area contributed by atoms with E-state index in [1.165, 1.54) is 12.1 Å². The number of pyridine rings is 1. The maximum absolute atomic E-state index is 12.4. The molecule has 1 aromatic heterocycles. The van der Waals surface area contributed by atoms with Gasteiger partial charge in [-0.2, -0.15) is 0 Å². The molecule has 2 aromatic rings. The maximum Gasteiger partial charge on any atom is 0.263 e. The van der Waals surface area contributed by atoms with E-state index in [4.69, 9.17) is 0 Å². The van der Waals surface area contributed by atoms with Gasteiger partial charge in [-0.05, 0) is 23.3 Å². The molecule has 1 N–H and O–H groups in total. The maximum atomic E-state index is 12.4. The van der Waals surface area contributed by atoms with Crippen molar-refractivity contribution in [2.24, 2.45) is 0 Å². The second-order valence-corrected chi connectivity index (χ2v) is 4.00. The molecule has 0 unspecified atom stereocenters. The minimum absolute atomic E-state index is 0.0629. The van der Waals surface area contributed by atoms with Crippen molar-refractivity contribution < 1.29 is 8.78 Å². The molecule has 0 radical (unpaired) electrons. The van der Waals surface area contributed by atoms with E-state index in [1.807, 2.05) is 12.1 Å². The van der Waals surface area contributed by atoms with Crippen LogP contribution in [0.4, 0.5) is 8.78 Å². The minimum Gasteiger partial charge on any atom is -0.309 e. The van der Waals surface area contributed by atoms with Crippen molar-refractivity contribution in [3.8, 4) is 0 Å². The summed E-state index contributed by atoms with van der Waals surface area (Å²) in [6.45, 7) is 1.39. The van der Waals surface area contributed by atoms with E-state index in [1.54, 1.807) is 24.5 Å². The molecule has 0 aliphatic carbocycles. The fourth-order valence-electron chi connectivity index (χ4n) is 1.63. The van der Waals surface area contributed by atoms with Crippen molar-refractivity contribution in [3.05, 3.63) is 65.5 Å². The van der Waals surface area contributed by atoms with Crippen LogP contribution in [0, 0.1) is 0 Å². The first kappa shape index (κ1) is 12.6. The lowest BCUT2D eigenvalue weighted by atomic mass is 10.1. The van der Waals surface area contributed by atoms with Gasteiger partial charge in [0.15, 0.2) is 0 Å². The zero-order chi connectivity index (χ0) is 12.8. The number of hydrogen-bond acceptors (Lipinski definition) is 2. The van der Waals surface area contributed by atoms with Gasteiger partial charge in [-0.3, -0.25) is 4.98 Å². The highest BCUT2D eigenvalue weighted by molar-refractivity contribution is 5.23. The van der Waals surface area contributed by atoms with Crippen molar-refractivity contribution in [3.63, 3.8) is 0 Å². The largest absolute Gasteiger partial charge is 0.309 e. The summed E-state index contributed by atoms with van der Waals surface area (Å²) in [4.78, 5) is 3.94. The quantitative estimate of drug-likeness (QED) is 0.878. The second-order valence-electron chi connectivity index (χ2n) is 4.00. The molecule has 0 bridgehead atoms. The standard InChI is InChI=1S/C14H14F2N2/c15-14(16)13-3-1-11(2-4-13)9-18-10-12-5-7-17-8-6-12/h1-8,14,18H,9-10H2. The molecule has 4 heteroatoms. The number of alkyl halides is 2. The molecule has 0 spiro atoms. The fourth-order valence-corrected chi connectivity index (χ4v) is 1.63. The highest BCUT2D eigenvalue weighted by atomic mass is 19.3. The first-order chi connectivity index (χ1) is 8.75. The molecule has 0 fully saturated rings. The summed E-state index contributed by atoms with van der Waals surface area (Å²) < 4.78 is 24.7. The summed E-state index contributed by atoms with van der Waals surface area (Å²) in [5, 5.41) is 3.25. The van der Waals surface area contributed by atoms with Gasteiger partial charge in [-0.15, -0.1) is 0 Å². The van der Waals surface area contributed by atoms with Gasteiger partial charge >= 0.3 is 0 Å². The van der Waals surface area contributed by atoms with E-state index in [0.717, 1.165) is 17.7 Å². The molecular formula is C14H14F2N2. The summed E-state index contributed by atoms with van der Waals surface area (Å²) in [7, 11) is 0. The molecule has 94 valence electrons.